The van der Waals surface area contributed by atoms with Crippen LogP contribution in [0.25, 0.3) is 0 Å². The van der Waals surface area contributed by atoms with Gasteiger partial charge in [-0.1, -0.05) is 0 Å². The van der Waals surface area contributed by atoms with E-state index in [2.05, 4.69) is 15.5 Å². The summed E-state index contributed by atoms with van der Waals surface area (Å²) in [5, 5.41) is 8.14. The molecule has 2 unspecified atom stereocenters. The lowest BCUT2D eigenvalue weighted by molar-refractivity contribution is 0.0941. The molecule has 16 heavy (non-hydrogen) atoms. The summed E-state index contributed by atoms with van der Waals surface area (Å²) < 4.78 is 22.5. The first kappa shape index (κ1) is 11.4. The Morgan fingerprint density at radius 2 is 2.31 bits per heavy atom. The molecule has 2 rings (SSSR count). The highest BCUT2D eigenvalue weighted by atomic mass is 35.5. The highest BCUT2D eigenvalue weighted by Gasteiger charge is 2.37. The van der Waals surface area contributed by atoms with Crippen molar-refractivity contribution in [1.29, 1.82) is 0 Å². The number of nitrogens with zero attached hydrogens (tertiary/aromatic N) is 1. The van der Waals surface area contributed by atoms with Gasteiger partial charge in [0.25, 0.3) is 5.91 Å². The largest absolute Gasteiger partial charge is 0.347 e. The molecule has 2 N–H and O–H groups in total. The Morgan fingerprint density at radius 1 is 1.56 bits per heavy atom. The summed E-state index contributed by atoms with van der Waals surface area (Å²) in [4.78, 5) is 11.6. The molecule has 1 aromatic rings. The van der Waals surface area contributed by atoms with Gasteiger partial charge in [-0.25, -0.2) is 8.42 Å². The highest BCUT2D eigenvalue weighted by molar-refractivity contribution is 7.91. The zero-order valence-electron chi connectivity index (χ0n) is 8.18. The van der Waals surface area contributed by atoms with Crippen LogP contribution in [0.4, 0.5) is 0 Å². The number of carbonyl (C=O) groups is 1. The van der Waals surface area contributed by atoms with E-state index in [9.17, 15) is 13.2 Å². The van der Waals surface area contributed by atoms with Gasteiger partial charge < -0.3 is 5.32 Å². The standard InChI is InChI=1S/C8H10ClN3O3S/c9-6-3-16(14,15)4-7(6)12-8(13)5-1-10-11-2-5/h1-2,6-7H,3-4H2,(H,10,11)(H,12,13). The number of sulfone groups is 1. The van der Waals surface area contributed by atoms with E-state index in [1.54, 1.807) is 0 Å². The van der Waals surface area contributed by atoms with Gasteiger partial charge in [0.1, 0.15) is 0 Å². The van der Waals surface area contributed by atoms with E-state index >= 15 is 0 Å². The average molecular weight is 264 g/mol. The molecule has 1 fully saturated rings. The van der Waals surface area contributed by atoms with Crippen LogP contribution in [0.2, 0.25) is 0 Å². The summed E-state index contributed by atoms with van der Waals surface area (Å²) in [6, 6.07) is -0.533. The molecule has 2 atom stereocenters. The Labute approximate surface area is 97.3 Å². The fourth-order valence-electron chi connectivity index (χ4n) is 1.56. The molecule has 1 aliphatic rings. The zero-order chi connectivity index (χ0) is 11.8. The van der Waals surface area contributed by atoms with Crippen LogP contribution in [-0.4, -0.2) is 47.4 Å². The summed E-state index contributed by atoms with van der Waals surface area (Å²) >= 11 is 5.85. The molecule has 1 saturated heterocycles. The molecule has 6 nitrogen and oxygen atoms in total. The lowest BCUT2D eigenvalue weighted by Crippen LogP contribution is -2.40. The van der Waals surface area contributed by atoms with Crippen molar-refractivity contribution >= 4 is 27.3 Å². The van der Waals surface area contributed by atoms with Crippen LogP contribution in [0.5, 0.6) is 0 Å². The lowest BCUT2D eigenvalue weighted by atomic mass is 10.2. The molecular weight excluding hydrogens is 254 g/mol. The van der Waals surface area contributed by atoms with E-state index in [-0.39, 0.29) is 17.4 Å². The van der Waals surface area contributed by atoms with Crippen molar-refractivity contribution in [3.63, 3.8) is 0 Å². The molecule has 0 radical (unpaired) electrons. The fraction of sp³-hybridized carbons (Fsp3) is 0.500. The van der Waals surface area contributed by atoms with Crippen molar-refractivity contribution < 1.29 is 13.2 Å². The van der Waals surface area contributed by atoms with Gasteiger partial charge in [0.15, 0.2) is 9.84 Å². The minimum absolute atomic E-state index is 0.0924. The molecule has 8 heteroatoms. The number of carbonyl (C=O) groups excluding carboxylic acids is 1. The fourth-order valence-corrected chi connectivity index (χ4v) is 4.11. The quantitative estimate of drug-likeness (QED) is 0.707. The minimum atomic E-state index is -3.13. The molecule has 0 saturated carbocycles. The predicted molar refractivity (Wildman–Crippen MR) is 58.1 cm³/mol. The van der Waals surface area contributed by atoms with Crippen molar-refractivity contribution in [1.82, 2.24) is 15.5 Å². The van der Waals surface area contributed by atoms with Gasteiger partial charge >= 0.3 is 0 Å². The summed E-state index contributed by atoms with van der Waals surface area (Å²) in [7, 11) is -3.13. The smallest absolute Gasteiger partial charge is 0.254 e. The third-order valence-electron chi connectivity index (χ3n) is 2.36. The van der Waals surface area contributed by atoms with Crippen LogP contribution in [0.1, 0.15) is 10.4 Å². The van der Waals surface area contributed by atoms with Gasteiger partial charge in [-0.15, -0.1) is 11.6 Å². The maximum Gasteiger partial charge on any atom is 0.254 e. The SMILES string of the molecule is O=C(NC1CS(=O)(=O)CC1Cl)c1cn[nH]c1. The average Bonchev–Trinajstić information content (AvgIpc) is 2.74. The van der Waals surface area contributed by atoms with Gasteiger partial charge in [0, 0.05) is 6.20 Å². The second-order valence-electron chi connectivity index (χ2n) is 3.66. The monoisotopic (exact) mass is 263 g/mol. The van der Waals surface area contributed by atoms with E-state index in [4.69, 9.17) is 11.6 Å². The molecule has 0 aromatic carbocycles. The molecule has 0 bridgehead atoms. The Kier molecular flexibility index (Phi) is 2.90. The predicted octanol–water partition coefficient (Wildman–Crippen LogP) is -0.456. The van der Waals surface area contributed by atoms with Gasteiger partial charge in [0.05, 0.1) is 34.7 Å². The number of hydrogen-bond acceptors (Lipinski definition) is 4. The topological polar surface area (TPSA) is 91.9 Å². The minimum Gasteiger partial charge on any atom is -0.347 e. The van der Waals surface area contributed by atoms with Crippen LogP contribution < -0.4 is 5.32 Å². The van der Waals surface area contributed by atoms with Gasteiger partial charge in [-0.05, 0) is 0 Å². The van der Waals surface area contributed by atoms with Crippen molar-refractivity contribution in [3.8, 4) is 0 Å². The second-order valence-corrected chi connectivity index (χ2v) is 6.37. The third kappa shape index (κ3) is 2.35. The van der Waals surface area contributed by atoms with Crippen molar-refractivity contribution in [2.45, 2.75) is 11.4 Å². The molecule has 88 valence electrons. The number of halogens is 1. The number of aromatic nitrogens is 2. The maximum atomic E-state index is 11.6. The first-order chi connectivity index (χ1) is 7.48. The normalized spacial score (nSPS) is 27.8. The summed E-state index contributed by atoms with van der Waals surface area (Å²) in [6.07, 6.45) is 2.80. The number of aromatic amines is 1. The van der Waals surface area contributed by atoms with Crippen molar-refractivity contribution in [2.75, 3.05) is 11.5 Å². The van der Waals surface area contributed by atoms with E-state index in [1.165, 1.54) is 12.4 Å². The van der Waals surface area contributed by atoms with Crippen LogP contribution in [0.3, 0.4) is 0 Å². The Bertz CT molecular complexity index is 485. The van der Waals surface area contributed by atoms with E-state index < -0.39 is 21.3 Å². The molecule has 1 aliphatic heterocycles. The molecule has 1 aromatic heterocycles. The summed E-state index contributed by atoms with van der Waals surface area (Å²) in [6.45, 7) is 0. The van der Waals surface area contributed by atoms with Gasteiger partial charge in [-0.2, -0.15) is 5.10 Å². The molecule has 1 amide bonds. The molecule has 2 heterocycles. The van der Waals surface area contributed by atoms with Crippen molar-refractivity contribution in [3.05, 3.63) is 18.0 Å². The Hall–Kier alpha value is -1.08. The van der Waals surface area contributed by atoms with Crippen LogP contribution in [0, 0.1) is 0 Å². The lowest BCUT2D eigenvalue weighted by Gasteiger charge is -2.13. The van der Waals surface area contributed by atoms with Crippen LogP contribution >= 0.6 is 11.6 Å². The number of alkyl halides is 1. The number of hydrogen-bond donors (Lipinski definition) is 2. The number of H-pyrrole nitrogens is 1. The molecule has 0 aliphatic carbocycles. The third-order valence-corrected chi connectivity index (χ3v) is 4.74. The maximum absolute atomic E-state index is 11.6. The molecule has 0 spiro atoms. The van der Waals surface area contributed by atoms with Gasteiger partial charge in [-0.3, -0.25) is 9.89 Å². The Balaban J connectivity index is 2.04. The van der Waals surface area contributed by atoms with Crippen LogP contribution in [0.15, 0.2) is 12.4 Å². The van der Waals surface area contributed by atoms with Gasteiger partial charge in [0.2, 0.25) is 0 Å². The summed E-state index contributed by atoms with van der Waals surface area (Å²) in [5.41, 5.74) is 0.355. The highest BCUT2D eigenvalue weighted by Crippen LogP contribution is 2.18. The number of rotatable bonds is 2. The summed E-state index contributed by atoms with van der Waals surface area (Å²) in [5.74, 6) is -0.572. The zero-order valence-corrected chi connectivity index (χ0v) is 9.75. The first-order valence-electron chi connectivity index (χ1n) is 4.62. The van der Waals surface area contributed by atoms with Crippen LogP contribution in [-0.2, 0) is 9.84 Å². The number of nitrogens with one attached hydrogen (secondary N) is 2. The van der Waals surface area contributed by atoms with E-state index in [0.717, 1.165) is 0 Å². The first-order valence-corrected chi connectivity index (χ1v) is 6.88. The number of amides is 1. The van der Waals surface area contributed by atoms with E-state index in [1.807, 2.05) is 0 Å². The van der Waals surface area contributed by atoms with E-state index in [0.29, 0.717) is 5.56 Å². The second kappa shape index (κ2) is 4.06. The molecular formula is C8H10ClN3O3S. The van der Waals surface area contributed by atoms with Crippen molar-refractivity contribution in [2.24, 2.45) is 0 Å². The Morgan fingerprint density at radius 3 is 2.81 bits per heavy atom.